The van der Waals surface area contributed by atoms with Gasteiger partial charge in [-0.15, -0.1) is 24.8 Å². The van der Waals surface area contributed by atoms with Gasteiger partial charge in [-0.25, -0.2) is 4.99 Å². The molecule has 0 radical (unpaired) electrons. The number of thioether (sulfide) groups is 1. The zero-order valence-corrected chi connectivity index (χ0v) is 17.1. The van der Waals surface area contributed by atoms with Crippen molar-refractivity contribution in [1.82, 2.24) is 4.98 Å². The quantitative estimate of drug-likeness (QED) is 0.500. The molecule has 0 unspecified atom stereocenters. The average Bonchev–Trinajstić information content (AvgIpc) is 2.54. The molecule has 4 nitrogen and oxygen atoms in total. The summed E-state index contributed by atoms with van der Waals surface area (Å²) in [6.45, 7) is 2.27. The number of hydrogen-bond acceptors (Lipinski definition) is 4. The normalized spacial score (nSPS) is 11.4. The number of hydrogen-bond donors (Lipinski definition) is 1. The van der Waals surface area contributed by atoms with E-state index in [9.17, 15) is 13.2 Å². The molecule has 2 rings (SSSR count). The molecule has 27 heavy (non-hydrogen) atoms. The first-order valence-electron chi connectivity index (χ1n) is 7.43. The Bertz CT molecular complexity index is 773. The van der Waals surface area contributed by atoms with Crippen LogP contribution in [0.4, 0.5) is 18.9 Å². The predicted molar refractivity (Wildman–Crippen MR) is 109 cm³/mol. The molecule has 0 spiro atoms. The molecule has 0 amide bonds. The molecule has 0 saturated carbocycles. The number of halogens is 5. The minimum atomic E-state index is -4.38. The Morgan fingerprint density at radius 1 is 1.19 bits per heavy atom. The van der Waals surface area contributed by atoms with Gasteiger partial charge in [0.25, 0.3) is 0 Å². The number of nitrogens with two attached hydrogens (primary N) is 1. The highest BCUT2D eigenvalue weighted by molar-refractivity contribution is 8.13. The Morgan fingerprint density at radius 3 is 2.48 bits per heavy atom. The number of para-hydroxylation sites is 1. The minimum absolute atomic E-state index is 0. The molecule has 1 heterocycles. The van der Waals surface area contributed by atoms with Crippen molar-refractivity contribution in [2.45, 2.75) is 25.8 Å². The minimum Gasteiger partial charge on any atom is -0.484 e. The molecule has 0 bridgehead atoms. The maximum atomic E-state index is 12.3. The lowest BCUT2D eigenvalue weighted by atomic mass is 10.2. The van der Waals surface area contributed by atoms with Crippen molar-refractivity contribution in [3.05, 3.63) is 53.3 Å². The first-order chi connectivity index (χ1) is 11.8. The van der Waals surface area contributed by atoms with Crippen molar-refractivity contribution in [3.8, 4) is 5.75 Å². The molecule has 1 aromatic carbocycles. The molecule has 2 N–H and O–H groups in total. The summed E-state index contributed by atoms with van der Waals surface area (Å²) in [6, 6.07) is 9.00. The zero-order chi connectivity index (χ0) is 18.4. The van der Waals surface area contributed by atoms with E-state index in [1.165, 1.54) is 24.0 Å². The number of rotatable bonds is 5. The molecule has 1 aromatic heterocycles. The van der Waals surface area contributed by atoms with Crippen LogP contribution < -0.4 is 10.5 Å². The molecule has 0 aliphatic heterocycles. The number of nitrogens with zero attached hydrogens (tertiary/aromatic N) is 2. The smallest absolute Gasteiger partial charge is 0.422 e. The summed E-state index contributed by atoms with van der Waals surface area (Å²) in [5.41, 5.74) is 8.87. The van der Waals surface area contributed by atoms with E-state index in [1.807, 2.05) is 31.2 Å². The molecule has 150 valence electrons. The summed E-state index contributed by atoms with van der Waals surface area (Å²) in [5, 5.41) is 0.358. The van der Waals surface area contributed by atoms with E-state index >= 15 is 0 Å². The second kappa shape index (κ2) is 11.3. The van der Waals surface area contributed by atoms with Gasteiger partial charge in [0, 0.05) is 17.5 Å². The van der Waals surface area contributed by atoms with Gasteiger partial charge in [0.2, 0.25) is 0 Å². The summed E-state index contributed by atoms with van der Waals surface area (Å²) >= 11 is 1.27. The highest BCUT2D eigenvalue weighted by atomic mass is 35.5. The standard InChI is InChI=1S/C17H18F3N3OS.2ClH/c1-11-5-3-4-6-13(11)23-16(21)25-9-14-12(2)15(7-8-22-14)24-10-17(18,19)20;;/h3-8H,9-10H2,1-2H3,(H2,21,23);2*1H. The van der Waals surface area contributed by atoms with E-state index < -0.39 is 12.8 Å². The lowest BCUT2D eigenvalue weighted by molar-refractivity contribution is -0.153. The Balaban J connectivity index is 0.00000338. The fraction of sp³-hybridized carbons (Fsp3) is 0.294. The van der Waals surface area contributed by atoms with Crippen molar-refractivity contribution in [3.63, 3.8) is 0 Å². The topological polar surface area (TPSA) is 60.5 Å². The Kier molecular flexibility index (Phi) is 10.6. The van der Waals surface area contributed by atoms with E-state index in [0.29, 0.717) is 22.2 Å². The SMILES string of the molecule is Cc1ccccc1N=C(N)SCc1nccc(OCC(F)(F)F)c1C.Cl.Cl. The lowest BCUT2D eigenvalue weighted by Crippen LogP contribution is -2.19. The third-order valence-electron chi connectivity index (χ3n) is 3.35. The number of aryl methyl sites for hydroxylation is 1. The van der Waals surface area contributed by atoms with Crippen molar-refractivity contribution in [2.24, 2.45) is 10.7 Å². The van der Waals surface area contributed by atoms with Gasteiger partial charge in [0.1, 0.15) is 5.75 Å². The molecule has 2 aromatic rings. The third kappa shape index (κ3) is 8.28. The van der Waals surface area contributed by atoms with E-state index in [2.05, 4.69) is 9.98 Å². The highest BCUT2D eigenvalue weighted by Crippen LogP contribution is 2.26. The summed E-state index contributed by atoms with van der Waals surface area (Å²) in [7, 11) is 0. The Morgan fingerprint density at radius 2 is 1.85 bits per heavy atom. The largest absolute Gasteiger partial charge is 0.484 e. The second-order valence-corrected chi connectivity index (χ2v) is 6.31. The third-order valence-corrected chi connectivity index (χ3v) is 4.16. The Hall–Kier alpha value is -1.64. The van der Waals surface area contributed by atoms with Crippen LogP contribution in [0.15, 0.2) is 41.5 Å². The van der Waals surface area contributed by atoms with E-state index in [4.69, 9.17) is 10.5 Å². The van der Waals surface area contributed by atoms with Gasteiger partial charge < -0.3 is 10.5 Å². The van der Waals surface area contributed by atoms with Gasteiger partial charge in [-0.3, -0.25) is 4.98 Å². The highest BCUT2D eigenvalue weighted by Gasteiger charge is 2.28. The average molecular weight is 442 g/mol. The maximum Gasteiger partial charge on any atom is 0.422 e. The zero-order valence-electron chi connectivity index (χ0n) is 14.6. The number of ether oxygens (including phenoxy) is 1. The first kappa shape index (κ1) is 25.4. The van der Waals surface area contributed by atoms with Crippen LogP contribution in [-0.4, -0.2) is 22.9 Å². The van der Waals surface area contributed by atoms with Crippen LogP contribution in [0.5, 0.6) is 5.75 Å². The van der Waals surface area contributed by atoms with Crippen LogP contribution in [0.1, 0.15) is 16.8 Å². The number of pyridine rings is 1. The van der Waals surface area contributed by atoms with Gasteiger partial charge in [-0.05, 0) is 31.5 Å². The lowest BCUT2D eigenvalue weighted by Gasteiger charge is -2.13. The molecule has 0 atom stereocenters. The molecule has 0 aliphatic rings. The van der Waals surface area contributed by atoms with Gasteiger partial charge in [0.05, 0.1) is 11.4 Å². The van der Waals surface area contributed by atoms with Gasteiger partial charge >= 0.3 is 6.18 Å². The van der Waals surface area contributed by atoms with Crippen molar-refractivity contribution in [2.75, 3.05) is 6.61 Å². The van der Waals surface area contributed by atoms with Crippen LogP contribution in [0.2, 0.25) is 0 Å². The number of alkyl halides is 3. The summed E-state index contributed by atoms with van der Waals surface area (Å²) in [4.78, 5) is 8.53. The van der Waals surface area contributed by atoms with Crippen LogP contribution in [-0.2, 0) is 5.75 Å². The number of benzene rings is 1. The van der Waals surface area contributed by atoms with Gasteiger partial charge in [-0.1, -0.05) is 30.0 Å². The fourth-order valence-corrected chi connectivity index (χ4v) is 2.74. The Labute approximate surface area is 172 Å². The van der Waals surface area contributed by atoms with Crippen molar-refractivity contribution in [1.29, 1.82) is 0 Å². The monoisotopic (exact) mass is 441 g/mol. The molecular weight excluding hydrogens is 422 g/mol. The number of aliphatic imine (C=N–C) groups is 1. The summed E-state index contributed by atoms with van der Waals surface area (Å²) < 4.78 is 41.7. The second-order valence-electron chi connectivity index (χ2n) is 5.31. The van der Waals surface area contributed by atoms with Crippen molar-refractivity contribution >= 4 is 47.4 Å². The van der Waals surface area contributed by atoms with Crippen LogP contribution in [0.25, 0.3) is 0 Å². The van der Waals surface area contributed by atoms with E-state index in [1.54, 1.807) is 6.92 Å². The van der Waals surface area contributed by atoms with E-state index in [-0.39, 0.29) is 30.6 Å². The van der Waals surface area contributed by atoms with Gasteiger partial charge in [-0.2, -0.15) is 13.2 Å². The summed E-state index contributed by atoms with van der Waals surface area (Å²) in [6.07, 6.45) is -2.96. The first-order valence-corrected chi connectivity index (χ1v) is 8.41. The van der Waals surface area contributed by atoms with Crippen LogP contribution in [0.3, 0.4) is 0 Å². The van der Waals surface area contributed by atoms with Gasteiger partial charge in [0.15, 0.2) is 11.8 Å². The number of amidine groups is 1. The molecular formula is C17H20Cl2F3N3OS. The maximum absolute atomic E-state index is 12.3. The molecule has 10 heteroatoms. The molecule has 0 saturated heterocycles. The summed E-state index contributed by atoms with van der Waals surface area (Å²) in [5.74, 6) is 0.549. The fourth-order valence-electron chi connectivity index (χ4n) is 2.00. The molecule has 0 aliphatic carbocycles. The van der Waals surface area contributed by atoms with Crippen LogP contribution in [0, 0.1) is 13.8 Å². The number of aromatic nitrogens is 1. The van der Waals surface area contributed by atoms with Crippen molar-refractivity contribution < 1.29 is 17.9 Å². The molecule has 0 fully saturated rings. The van der Waals surface area contributed by atoms with E-state index in [0.717, 1.165) is 11.3 Å². The predicted octanol–water partition coefficient (Wildman–Crippen LogP) is 5.36. The van der Waals surface area contributed by atoms with Crippen LogP contribution >= 0.6 is 36.6 Å².